The third-order valence-electron chi connectivity index (χ3n) is 2.14. The SMILES string of the molecule is CCC(C)(O)c1ccccc1F. The van der Waals surface area contributed by atoms with Crippen molar-refractivity contribution in [3.05, 3.63) is 35.6 Å². The molecule has 0 radical (unpaired) electrons. The van der Waals surface area contributed by atoms with Crippen molar-refractivity contribution in [1.29, 1.82) is 0 Å². The average Bonchev–Trinajstić information content (AvgIpc) is 2.05. The molecule has 0 aliphatic carbocycles. The Kier molecular flexibility index (Phi) is 2.48. The minimum absolute atomic E-state index is 0.343. The molecule has 0 bridgehead atoms. The van der Waals surface area contributed by atoms with Gasteiger partial charge in [0.2, 0.25) is 0 Å². The van der Waals surface area contributed by atoms with E-state index in [0.717, 1.165) is 0 Å². The monoisotopic (exact) mass is 168 g/mol. The largest absolute Gasteiger partial charge is 0.385 e. The smallest absolute Gasteiger partial charge is 0.129 e. The molecule has 1 rings (SSSR count). The molecule has 1 aromatic carbocycles. The molecule has 1 nitrogen and oxygen atoms in total. The molecule has 0 aromatic heterocycles. The topological polar surface area (TPSA) is 20.2 Å². The highest BCUT2D eigenvalue weighted by Gasteiger charge is 2.23. The quantitative estimate of drug-likeness (QED) is 0.719. The number of hydrogen-bond acceptors (Lipinski definition) is 1. The van der Waals surface area contributed by atoms with Crippen molar-refractivity contribution in [3.8, 4) is 0 Å². The van der Waals surface area contributed by atoms with E-state index in [9.17, 15) is 9.50 Å². The van der Waals surface area contributed by atoms with Crippen LogP contribution in [0.15, 0.2) is 24.3 Å². The number of hydrogen-bond donors (Lipinski definition) is 1. The van der Waals surface area contributed by atoms with Crippen LogP contribution in [0.2, 0.25) is 0 Å². The van der Waals surface area contributed by atoms with E-state index < -0.39 is 5.60 Å². The van der Waals surface area contributed by atoms with Crippen LogP contribution < -0.4 is 0 Å². The first-order chi connectivity index (χ1) is 5.58. The predicted octanol–water partition coefficient (Wildman–Crippen LogP) is 2.44. The molecule has 66 valence electrons. The van der Waals surface area contributed by atoms with Crippen LogP contribution in [0.4, 0.5) is 4.39 Å². The second-order valence-corrected chi connectivity index (χ2v) is 3.11. The highest BCUT2D eigenvalue weighted by Crippen LogP contribution is 2.25. The van der Waals surface area contributed by atoms with Crippen molar-refractivity contribution >= 4 is 0 Å². The van der Waals surface area contributed by atoms with E-state index in [1.165, 1.54) is 6.07 Å². The Morgan fingerprint density at radius 2 is 2.00 bits per heavy atom. The zero-order valence-electron chi connectivity index (χ0n) is 7.34. The summed E-state index contributed by atoms with van der Waals surface area (Å²) in [5.74, 6) is -0.343. The minimum Gasteiger partial charge on any atom is -0.385 e. The van der Waals surface area contributed by atoms with Crippen LogP contribution in [0.1, 0.15) is 25.8 Å². The van der Waals surface area contributed by atoms with Crippen LogP contribution in [0.25, 0.3) is 0 Å². The van der Waals surface area contributed by atoms with Crippen LogP contribution >= 0.6 is 0 Å². The minimum atomic E-state index is -1.05. The normalized spacial score (nSPS) is 15.7. The molecule has 0 aliphatic heterocycles. The molecular weight excluding hydrogens is 155 g/mol. The van der Waals surface area contributed by atoms with Gasteiger partial charge in [-0.1, -0.05) is 25.1 Å². The van der Waals surface area contributed by atoms with E-state index in [2.05, 4.69) is 0 Å². The van der Waals surface area contributed by atoms with Crippen LogP contribution in [0, 0.1) is 5.82 Å². The number of rotatable bonds is 2. The van der Waals surface area contributed by atoms with Gasteiger partial charge in [0, 0.05) is 5.56 Å². The van der Waals surface area contributed by atoms with Gasteiger partial charge in [-0.2, -0.15) is 0 Å². The predicted molar refractivity (Wildman–Crippen MR) is 46.3 cm³/mol. The van der Waals surface area contributed by atoms with Gasteiger partial charge in [0.1, 0.15) is 5.82 Å². The summed E-state index contributed by atoms with van der Waals surface area (Å²) in [6.07, 6.45) is 0.508. The lowest BCUT2D eigenvalue weighted by atomic mass is 9.93. The van der Waals surface area contributed by atoms with Gasteiger partial charge in [0.05, 0.1) is 5.60 Å². The molecule has 12 heavy (non-hydrogen) atoms. The first-order valence-electron chi connectivity index (χ1n) is 4.05. The fraction of sp³-hybridized carbons (Fsp3) is 0.400. The van der Waals surface area contributed by atoms with Gasteiger partial charge in [0.25, 0.3) is 0 Å². The average molecular weight is 168 g/mol. The maximum absolute atomic E-state index is 13.1. The lowest BCUT2D eigenvalue weighted by Crippen LogP contribution is -2.21. The summed E-state index contributed by atoms with van der Waals surface area (Å²) in [5.41, 5.74) is -0.682. The Morgan fingerprint density at radius 1 is 1.42 bits per heavy atom. The van der Waals surface area contributed by atoms with Gasteiger partial charge in [-0.05, 0) is 19.4 Å². The molecule has 1 N–H and O–H groups in total. The third kappa shape index (κ3) is 1.64. The summed E-state index contributed by atoms with van der Waals surface area (Å²) >= 11 is 0. The molecule has 1 atom stereocenters. The van der Waals surface area contributed by atoms with Crippen molar-refractivity contribution in [2.24, 2.45) is 0 Å². The van der Waals surface area contributed by atoms with Crippen molar-refractivity contribution < 1.29 is 9.50 Å². The summed E-state index contributed by atoms with van der Waals surface area (Å²) in [4.78, 5) is 0. The molecule has 2 heteroatoms. The lowest BCUT2D eigenvalue weighted by molar-refractivity contribution is 0.0493. The Balaban J connectivity index is 3.10. The van der Waals surface area contributed by atoms with Crippen LogP contribution in [0.5, 0.6) is 0 Å². The zero-order chi connectivity index (χ0) is 9.19. The second kappa shape index (κ2) is 3.23. The van der Waals surface area contributed by atoms with Crippen LogP contribution in [0.3, 0.4) is 0 Å². The lowest BCUT2D eigenvalue weighted by Gasteiger charge is -2.21. The third-order valence-corrected chi connectivity index (χ3v) is 2.14. The van der Waals surface area contributed by atoms with Gasteiger partial charge >= 0.3 is 0 Å². The number of benzene rings is 1. The number of halogens is 1. The Bertz CT molecular complexity index is 268. The summed E-state index contributed by atoms with van der Waals surface area (Å²) < 4.78 is 13.1. The summed E-state index contributed by atoms with van der Waals surface area (Å²) in [6, 6.07) is 6.31. The van der Waals surface area contributed by atoms with Crippen molar-refractivity contribution in [1.82, 2.24) is 0 Å². The van der Waals surface area contributed by atoms with E-state index in [-0.39, 0.29) is 5.82 Å². The summed E-state index contributed by atoms with van der Waals surface area (Å²) in [5, 5.41) is 9.74. The maximum atomic E-state index is 13.1. The van der Waals surface area contributed by atoms with E-state index >= 15 is 0 Å². The van der Waals surface area contributed by atoms with E-state index in [0.29, 0.717) is 12.0 Å². The molecule has 0 saturated carbocycles. The molecule has 0 heterocycles. The molecule has 1 unspecified atom stereocenters. The first-order valence-corrected chi connectivity index (χ1v) is 4.05. The Morgan fingerprint density at radius 3 is 2.50 bits per heavy atom. The standard InChI is InChI=1S/C10H13FO/c1-3-10(2,12)8-6-4-5-7-9(8)11/h4-7,12H,3H2,1-2H3. The first kappa shape index (κ1) is 9.20. The van der Waals surface area contributed by atoms with Crippen LogP contribution in [-0.4, -0.2) is 5.11 Å². The molecule has 0 amide bonds. The molecule has 0 saturated heterocycles. The van der Waals surface area contributed by atoms with E-state index in [4.69, 9.17) is 0 Å². The van der Waals surface area contributed by atoms with Crippen molar-refractivity contribution in [3.63, 3.8) is 0 Å². The fourth-order valence-electron chi connectivity index (χ4n) is 1.09. The molecule has 0 fully saturated rings. The second-order valence-electron chi connectivity index (χ2n) is 3.11. The van der Waals surface area contributed by atoms with Gasteiger partial charge in [-0.15, -0.1) is 0 Å². The summed E-state index contributed by atoms with van der Waals surface area (Å²) in [6.45, 7) is 3.44. The zero-order valence-corrected chi connectivity index (χ0v) is 7.34. The van der Waals surface area contributed by atoms with Gasteiger partial charge in [-0.25, -0.2) is 4.39 Å². The highest BCUT2D eigenvalue weighted by atomic mass is 19.1. The van der Waals surface area contributed by atoms with Gasteiger partial charge in [-0.3, -0.25) is 0 Å². The van der Waals surface area contributed by atoms with Crippen molar-refractivity contribution in [2.75, 3.05) is 0 Å². The Labute approximate surface area is 71.9 Å². The molecule has 0 aliphatic rings. The molecular formula is C10H13FO. The van der Waals surface area contributed by atoms with E-state index in [1.54, 1.807) is 25.1 Å². The molecule has 1 aromatic rings. The summed E-state index contributed by atoms with van der Waals surface area (Å²) in [7, 11) is 0. The highest BCUT2D eigenvalue weighted by molar-refractivity contribution is 5.23. The Hall–Kier alpha value is -0.890. The van der Waals surface area contributed by atoms with Crippen LogP contribution in [-0.2, 0) is 5.60 Å². The maximum Gasteiger partial charge on any atom is 0.129 e. The van der Waals surface area contributed by atoms with Gasteiger partial charge < -0.3 is 5.11 Å². The van der Waals surface area contributed by atoms with Crippen molar-refractivity contribution in [2.45, 2.75) is 25.9 Å². The number of aliphatic hydroxyl groups is 1. The fourth-order valence-corrected chi connectivity index (χ4v) is 1.09. The van der Waals surface area contributed by atoms with Gasteiger partial charge in [0.15, 0.2) is 0 Å². The van der Waals surface area contributed by atoms with E-state index in [1.807, 2.05) is 6.92 Å². The molecule has 0 spiro atoms.